The summed E-state index contributed by atoms with van der Waals surface area (Å²) in [7, 11) is 0. The van der Waals surface area contributed by atoms with Crippen LogP contribution in [0.25, 0.3) is 0 Å². The number of carboxylic acids is 1. The van der Waals surface area contributed by atoms with Crippen molar-refractivity contribution in [2.24, 2.45) is 0 Å². The maximum atomic E-state index is 11.4. The van der Waals surface area contributed by atoms with Gasteiger partial charge in [-0.3, -0.25) is 9.59 Å². The van der Waals surface area contributed by atoms with Crippen LogP contribution in [0.2, 0.25) is 0 Å². The molecule has 0 unspecified atom stereocenters. The van der Waals surface area contributed by atoms with Gasteiger partial charge >= 0.3 is 5.97 Å². The maximum absolute atomic E-state index is 11.4. The largest absolute Gasteiger partial charge is 0.478 e. The van der Waals surface area contributed by atoms with Gasteiger partial charge in [0.2, 0.25) is 11.8 Å². The number of hydrogen-bond acceptors (Lipinski definition) is 3. The van der Waals surface area contributed by atoms with Crippen molar-refractivity contribution in [1.82, 2.24) is 0 Å². The van der Waals surface area contributed by atoms with Crippen molar-refractivity contribution >= 4 is 96.9 Å². The van der Waals surface area contributed by atoms with E-state index in [-0.39, 0.29) is 17.4 Å². The predicted octanol–water partition coefficient (Wildman–Crippen LogP) is 8.12. The molecule has 3 N–H and O–H groups in total. The molecule has 212 valence electrons. The van der Waals surface area contributed by atoms with E-state index in [4.69, 9.17) is 0 Å². The van der Waals surface area contributed by atoms with Gasteiger partial charge in [0, 0.05) is 13.8 Å². The lowest BCUT2D eigenvalue weighted by Crippen LogP contribution is -2.50. The number of carbonyl (C=O) groups is 3. The summed E-state index contributed by atoms with van der Waals surface area (Å²) >= 11 is 5.71. The van der Waals surface area contributed by atoms with E-state index in [9.17, 15) is 19.5 Å². The van der Waals surface area contributed by atoms with E-state index < -0.39 is 5.97 Å². The normalized spacial score (nSPS) is 10.9. The van der Waals surface area contributed by atoms with Crippen molar-refractivity contribution in [3.8, 4) is 0 Å². The number of halogens is 3. The first-order chi connectivity index (χ1) is 17.4. The Morgan fingerprint density at radius 3 is 1.16 bits per heavy atom. The number of nitrogens with one attached hydrogen (secondary N) is 2. The number of nitrogens with zero attached hydrogens (tertiary/aromatic N) is 1. The Morgan fingerprint density at radius 2 is 0.946 bits per heavy atom. The standard InChI is InChI=1S/C16H36N.C11H9I3N2O4/c1-5-9-13-17(14-10-6-2,15-11-7-3)16-12-8-4;1-3(17)15-9-6(12)5(11(19)20)7(13)10(8(9)14)16-4(2)18/h5-16H2,1-4H3;1-2H3,(H,15,17)(H,16,18)(H,19,20)/q+1;. The summed E-state index contributed by atoms with van der Waals surface area (Å²) in [5.41, 5.74) is 0.833. The van der Waals surface area contributed by atoms with Crippen LogP contribution in [-0.4, -0.2) is 53.6 Å². The molecule has 0 radical (unpaired) electrons. The Bertz CT molecular complexity index is 814. The second kappa shape index (κ2) is 19.8. The molecular weight excluding hydrogens is 811 g/mol. The fourth-order valence-electron chi connectivity index (χ4n) is 4.07. The zero-order chi connectivity index (χ0) is 28.6. The van der Waals surface area contributed by atoms with Gasteiger partial charge in [0.05, 0.1) is 53.8 Å². The number of quaternary nitrogens is 1. The van der Waals surface area contributed by atoms with Gasteiger partial charge in [-0.1, -0.05) is 53.4 Å². The van der Waals surface area contributed by atoms with Crippen molar-refractivity contribution in [2.75, 3.05) is 36.8 Å². The van der Waals surface area contributed by atoms with Crippen LogP contribution in [0.1, 0.15) is 103 Å². The first-order valence-electron chi connectivity index (χ1n) is 13.2. The Morgan fingerprint density at radius 1 is 0.649 bits per heavy atom. The number of carbonyl (C=O) groups excluding carboxylic acids is 2. The summed E-state index contributed by atoms with van der Waals surface area (Å²) in [5.74, 6) is -1.74. The number of amides is 2. The van der Waals surface area contributed by atoms with Crippen LogP contribution in [0, 0.1) is 10.7 Å². The van der Waals surface area contributed by atoms with Gasteiger partial charge in [0.15, 0.2) is 0 Å². The average molecular weight is 856 g/mol. The van der Waals surface area contributed by atoms with E-state index in [1.165, 1.54) is 95.9 Å². The van der Waals surface area contributed by atoms with Crippen molar-refractivity contribution in [3.63, 3.8) is 0 Å². The van der Waals surface area contributed by atoms with Gasteiger partial charge in [-0.25, -0.2) is 4.79 Å². The number of aromatic carboxylic acids is 1. The molecule has 0 saturated heterocycles. The summed E-state index contributed by atoms with van der Waals surface area (Å²) in [6.45, 7) is 17.7. The van der Waals surface area contributed by atoms with Gasteiger partial charge in [-0.2, -0.15) is 0 Å². The predicted molar refractivity (Wildman–Crippen MR) is 180 cm³/mol. The van der Waals surface area contributed by atoms with Crippen LogP contribution in [0.4, 0.5) is 11.4 Å². The highest BCUT2D eigenvalue weighted by Crippen LogP contribution is 2.38. The van der Waals surface area contributed by atoms with E-state index in [1.807, 2.05) is 67.8 Å². The molecular formula is C27H45I3N3O4+. The van der Waals surface area contributed by atoms with E-state index in [0.717, 1.165) is 0 Å². The number of rotatable bonds is 15. The van der Waals surface area contributed by atoms with E-state index >= 15 is 0 Å². The molecule has 10 heteroatoms. The molecule has 0 aliphatic carbocycles. The average Bonchev–Trinajstić information content (AvgIpc) is 2.83. The van der Waals surface area contributed by atoms with Crippen LogP contribution in [-0.2, 0) is 9.59 Å². The Labute approximate surface area is 264 Å². The molecule has 0 bridgehead atoms. The zero-order valence-electron chi connectivity index (χ0n) is 23.2. The summed E-state index contributed by atoms with van der Waals surface area (Å²) in [5, 5.41) is 14.5. The molecule has 1 rings (SSSR count). The number of unbranched alkanes of at least 4 members (excludes halogenated alkanes) is 4. The number of carboxylic acid groups (broad SMARTS) is 1. The summed E-state index contributed by atoms with van der Waals surface area (Å²) < 4.78 is 2.86. The zero-order valence-corrected chi connectivity index (χ0v) is 29.7. The topological polar surface area (TPSA) is 95.5 Å². The van der Waals surface area contributed by atoms with Gasteiger partial charge in [0.1, 0.15) is 0 Å². The first-order valence-corrected chi connectivity index (χ1v) is 16.5. The maximum Gasteiger partial charge on any atom is 0.338 e. The molecule has 0 aromatic heterocycles. The Kier molecular flexibility index (Phi) is 19.7. The third-order valence-corrected chi connectivity index (χ3v) is 9.31. The molecule has 7 nitrogen and oxygen atoms in total. The van der Waals surface area contributed by atoms with Crippen LogP contribution >= 0.6 is 67.8 Å². The molecule has 0 heterocycles. The number of anilines is 2. The van der Waals surface area contributed by atoms with Crippen LogP contribution in [0.15, 0.2) is 0 Å². The Balaban J connectivity index is 0.000000712. The van der Waals surface area contributed by atoms with Crippen LogP contribution in [0.3, 0.4) is 0 Å². The highest BCUT2D eigenvalue weighted by atomic mass is 127. The van der Waals surface area contributed by atoms with Crippen LogP contribution < -0.4 is 10.6 Å². The second-order valence-electron chi connectivity index (χ2n) is 9.38. The fraction of sp³-hybridized carbons (Fsp3) is 0.667. The fourth-order valence-corrected chi connectivity index (χ4v) is 8.24. The lowest BCUT2D eigenvalue weighted by molar-refractivity contribution is -0.929. The first kappa shape index (κ1) is 36.8. The molecule has 0 spiro atoms. The van der Waals surface area contributed by atoms with Gasteiger partial charge in [-0.15, -0.1) is 0 Å². The highest BCUT2D eigenvalue weighted by Gasteiger charge is 2.26. The molecule has 0 aliphatic heterocycles. The molecule has 1 aromatic carbocycles. The summed E-state index contributed by atoms with van der Waals surface area (Å²) in [6.07, 6.45) is 11.1. The smallest absolute Gasteiger partial charge is 0.338 e. The summed E-state index contributed by atoms with van der Waals surface area (Å²) in [6, 6.07) is 0. The van der Waals surface area contributed by atoms with Gasteiger partial charge in [-0.05, 0) is 93.5 Å². The van der Waals surface area contributed by atoms with Gasteiger partial charge < -0.3 is 20.2 Å². The second-order valence-corrected chi connectivity index (χ2v) is 12.6. The van der Waals surface area contributed by atoms with Crippen molar-refractivity contribution < 1.29 is 24.0 Å². The van der Waals surface area contributed by atoms with E-state index in [1.54, 1.807) is 0 Å². The Hall–Kier alpha value is -0.220. The minimum atomic E-state index is -1.12. The summed E-state index contributed by atoms with van der Waals surface area (Å²) in [4.78, 5) is 33.9. The van der Waals surface area contributed by atoms with E-state index in [0.29, 0.717) is 22.1 Å². The molecule has 1 aromatic rings. The molecule has 2 amide bonds. The monoisotopic (exact) mass is 856 g/mol. The van der Waals surface area contributed by atoms with Crippen molar-refractivity contribution in [2.45, 2.75) is 92.9 Å². The third-order valence-electron chi connectivity index (χ3n) is 6.08. The lowest BCUT2D eigenvalue weighted by Gasteiger charge is -2.39. The minimum absolute atomic E-state index is 0.0547. The minimum Gasteiger partial charge on any atom is -0.478 e. The van der Waals surface area contributed by atoms with Crippen molar-refractivity contribution in [1.29, 1.82) is 0 Å². The van der Waals surface area contributed by atoms with E-state index in [2.05, 4.69) is 38.3 Å². The van der Waals surface area contributed by atoms with Crippen LogP contribution in [0.5, 0.6) is 0 Å². The molecule has 0 fully saturated rings. The number of hydrogen-bond donors (Lipinski definition) is 3. The third kappa shape index (κ3) is 13.1. The van der Waals surface area contributed by atoms with Gasteiger partial charge in [0.25, 0.3) is 0 Å². The highest BCUT2D eigenvalue weighted by molar-refractivity contribution is 14.1. The molecule has 37 heavy (non-hydrogen) atoms. The molecule has 0 saturated carbocycles. The molecule has 0 atom stereocenters. The lowest BCUT2D eigenvalue weighted by atomic mass is 10.1. The SMILES string of the molecule is CC(=O)Nc1c(I)c(NC(C)=O)c(I)c(C(=O)O)c1I.CCCC[N+](CCCC)(CCCC)CCCC. The quantitative estimate of drug-likeness (QED) is 0.123. The van der Waals surface area contributed by atoms with Crippen molar-refractivity contribution in [3.05, 3.63) is 16.3 Å². The molecule has 0 aliphatic rings. The number of benzene rings is 1.